The highest BCUT2D eigenvalue weighted by atomic mass is 79.9. The standard InChI is InChI=1S/C12H25Br/c1-4-12(5-2,6-3)10-8-7-9-11-13/h4-11H2,1-3H3. The molecule has 0 aliphatic heterocycles. The highest BCUT2D eigenvalue weighted by Crippen LogP contribution is 2.35. The smallest absolute Gasteiger partial charge is 0.00313 e. The van der Waals surface area contributed by atoms with Crippen LogP contribution in [0.15, 0.2) is 0 Å². The van der Waals surface area contributed by atoms with Crippen molar-refractivity contribution in [3.05, 3.63) is 0 Å². The summed E-state index contributed by atoms with van der Waals surface area (Å²) in [5.41, 5.74) is 0.659. The lowest BCUT2D eigenvalue weighted by Crippen LogP contribution is -2.17. The molecule has 13 heavy (non-hydrogen) atoms. The number of hydrogen-bond donors (Lipinski definition) is 0. The molecule has 0 heterocycles. The molecule has 0 aliphatic rings. The zero-order valence-electron chi connectivity index (χ0n) is 9.53. The van der Waals surface area contributed by atoms with Crippen molar-refractivity contribution in [1.82, 2.24) is 0 Å². The molecule has 0 saturated heterocycles. The van der Waals surface area contributed by atoms with Gasteiger partial charge in [-0.05, 0) is 18.3 Å². The summed E-state index contributed by atoms with van der Waals surface area (Å²) in [6.45, 7) is 7.03. The highest BCUT2D eigenvalue weighted by Gasteiger charge is 2.22. The minimum Gasteiger partial charge on any atom is -0.0928 e. The van der Waals surface area contributed by atoms with Crippen LogP contribution in [0.3, 0.4) is 0 Å². The predicted octanol–water partition coefficient (Wildman–Crippen LogP) is 5.16. The molecule has 0 unspecified atom stereocenters. The van der Waals surface area contributed by atoms with Crippen LogP contribution < -0.4 is 0 Å². The Bertz CT molecular complexity index is 97.4. The Morgan fingerprint density at radius 1 is 0.846 bits per heavy atom. The van der Waals surface area contributed by atoms with Gasteiger partial charge in [-0.3, -0.25) is 0 Å². The van der Waals surface area contributed by atoms with Crippen LogP contribution in [0.2, 0.25) is 0 Å². The Labute approximate surface area is 92.6 Å². The van der Waals surface area contributed by atoms with Crippen molar-refractivity contribution in [2.45, 2.75) is 65.7 Å². The molecular weight excluding hydrogens is 224 g/mol. The molecule has 0 radical (unpaired) electrons. The SMILES string of the molecule is CCC(CC)(CC)CCCCCBr. The van der Waals surface area contributed by atoms with Crippen molar-refractivity contribution in [1.29, 1.82) is 0 Å². The van der Waals surface area contributed by atoms with Crippen molar-refractivity contribution in [2.24, 2.45) is 5.41 Å². The van der Waals surface area contributed by atoms with Gasteiger partial charge < -0.3 is 0 Å². The number of hydrogen-bond acceptors (Lipinski definition) is 0. The van der Waals surface area contributed by atoms with Gasteiger partial charge in [-0.2, -0.15) is 0 Å². The first-order valence-corrected chi connectivity index (χ1v) is 6.92. The van der Waals surface area contributed by atoms with E-state index in [1.165, 1.54) is 50.3 Å². The van der Waals surface area contributed by atoms with Crippen molar-refractivity contribution < 1.29 is 0 Å². The molecule has 80 valence electrons. The van der Waals surface area contributed by atoms with Crippen LogP contribution in [0.4, 0.5) is 0 Å². The van der Waals surface area contributed by atoms with E-state index in [1.54, 1.807) is 0 Å². The second-order valence-corrected chi connectivity index (χ2v) is 4.85. The van der Waals surface area contributed by atoms with Crippen LogP contribution >= 0.6 is 15.9 Å². The van der Waals surface area contributed by atoms with E-state index in [4.69, 9.17) is 0 Å². The summed E-state index contributed by atoms with van der Waals surface area (Å²) in [7, 11) is 0. The first-order chi connectivity index (χ1) is 6.24. The maximum Gasteiger partial charge on any atom is 0.00313 e. The Balaban J connectivity index is 3.68. The van der Waals surface area contributed by atoms with Crippen LogP contribution in [0.25, 0.3) is 0 Å². The van der Waals surface area contributed by atoms with Crippen LogP contribution in [-0.4, -0.2) is 5.33 Å². The lowest BCUT2D eigenvalue weighted by atomic mass is 9.76. The zero-order chi connectivity index (χ0) is 10.2. The molecule has 0 amide bonds. The summed E-state index contributed by atoms with van der Waals surface area (Å²) >= 11 is 3.48. The number of alkyl halides is 1. The Morgan fingerprint density at radius 3 is 1.77 bits per heavy atom. The molecule has 1 heteroatoms. The average Bonchev–Trinajstić information content (AvgIpc) is 2.20. The monoisotopic (exact) mass is 248 g/mol. The van der Waals surface area contributed by atoms with Crippen LogP contribution in [0.5, 0.6) is 0 Å². The van der Waals surface area contributed by atoms with Crippen LogP contribution in [0, 0.1) is 5.41 Å². The van der Waals surface area contributed by atoms with E-state index >= 15 is 0 Å². The molecule has 0 N–H and O–H groups in total. The van der Waals surface area contributed by atoms with E-state index in [-0.39, 0.29) is 0 Å². The molecule has 0 atom stereocenters. The summed E-state index contributed by atoms with van der Waals surface area (Å²) in [6, 6.07) is 0. The fourth-order valence-electron chi connectivity index (χ4n) is 2.05. The lowest BCUT2D eigenvalue weighted by molar-refractivity contribution is 0.221. The van der Waals surface area contributed by atoms with Crippen molar-refractivity contribution in [3.63, 3.8) is 0 Å². The van der Waals surface area contributed by atoms with E-state index < -0.39 is 0 Å². The number of rotatable bonds is 8. The Kier molecular flexibility index (Phi) is 8.13. The van der Waals surface area contributed by atoms with Gasteiger partial charge in [0.1, 0.15) is 0 Å². The third kappa shape index (κ3) is 5.05. The lowest BCUT2D eigenvalue weighted by Gasteiger charge is -2.30. The minimum atomic E-state index is 0.659. The largest absolute Gasteiger partial charge is 0.0928 e. The molecule has 0 aromatic heterocycles. The maximum atomic E-state index is 3.48. The zero-order valence-corrected chi connectivity index (χ0v) is 11.1. The van der Waals surface area contributed by atoms with Crippen LogP contribution in [0.1, 0.15) is 65.7 Å². The van der Waals surface area contributed by atoms with Gasteiger partial charge in [-0.25, -0.2) is 0 Å². The summed E-state index contributed by atoms with van der Waals surface area (Å²) in [5, 5.41) is 1.17. The third-order valence-corrected chi connectivity index (χ3v) is 4.15. The van der Waals surface area contributed by atoms with Gasteiger partial charge in [0.2, 0.25) is 0 Å². The Hall–Kier alpha value is 0.480. The minimum absolute atomic E-state index is 0.659. The molecule has 0 aliphatic carbocycles. The van der Waals surface area contributed by atoms with E-state index in [0.717, 1.165) is 0 Å². The molecule has 0 fully saturated rings. The Morgan fingerprint density at radius 2 is 1.38 bits per heavy atom. The molecule has 0 spiro atoms. The van der Waals surface area contributed by atoms with Gasteiger partial charge in [0, 0.05) is 5.33 Å². The van der Waals surface area contributed by atoms with E-state index in [1.807, 2.05) is 0 Å². The van der Waals surface area contributed by atoms with Crippen molar-refractivity contribution in [3.8, 4) is 0 Å². The van der Waals surface area contributed by atoms with Gasteiger partial charge in [0.15, 0.2) is 0 Å². The predicted molar refractivity (Wildman–Crippen MR) is 65.6 cm³/mol. The van der Waals surface area contributed by atoms with Gasteiger partial charge in [-0.1, -0.05) is 68.8 Å². The fourth-order valence-corrected chi connectivity index (χ4v) is 2.45. The normalized spacial score (nSPS) is 12.0. The molecular formula is C12H25Br. The number of halogens is 1. The van der Waals surface area contributed by atoms with Crippen molar-refractivity contribution >= 4 is 15.9 Å². The van der Waals surface area contributed by atoms with Crippen molar-refractivity contribution in [2.75, 3.05) is 5.33 Å². The summed E-state index contributed by atoms with van der Waals surface area (Å²) in [5.74, 6) is 0. The van der Waals surface area contributed by atoms with Gasteiger partial charge in [-0.15, -0.1) is 0 Å². The summed E-state index contributed by atoms with van der Waals surface area (Å²) in [4.78, 5) is 0. The molecule has 0 aromatic carbocycles. The van der Waals surface area contributed by atoms with Gasteiger partial charge in [0.25, 0.3) is 0 Å². The second-order valence-electron chi connectivity index (χ2n) is 4.06. The first-order valence-electron chi connectivity index (χ1n) is 5.80. The van der Waals surface area contributed by atoms with Gasteiger partial charge >= 0.3 is 0 Å². The summed E-state index contributed by atoms with van der Waals surface area (Å²) in [6.07, 6.45) is 9.65. The first kappa shape index (κ1) is 13.5. The quantitative estimate of drug-likeness (QED) is 0.412. The molecule has 0 bridgehead atoms. The second kappa shape index (κ2) is 7.84. The van der Waals surface area contributed by atoms with Gasteiger partial charge in [0.05, 0.1) is 0 Å². The van der Waals surface area contributed by atoms with Crippen LogP contribution in [-0.2, 0) is 0 Å². The van der Waals surface area contributed by atoms with E-state index in [2.05, 4.69) is 36.7 Å². The maximum absolute atomic E-state index is 3.48. The molecule has 0 saturated carbocycles. The average molecular weight is 249 g/mol. The van der Waals surface area contributed by atoms with E-state index in [0.29, 0.717) is 5.41 Å². The fraction of sp³-hybridized carbons (Fsp3) is 1.00. The molecule has 0 rings (SSSR count). The third-order valence-electron chi connectivity index (χ3n) is 3.59. The summed E-state index contributed by atoms with van der Waals surface area (Å²) < 4.78 is 0. The highest BCUT2D eigenvalue weighted by molar-refractivity contribution is 9.09. The topological polar surface area (TPSA) is 0 Å². The molecule has 0 nitrogen and oxygen atoms in total. The van der Waals surface area contributed by atoms with E-state index in [9.17, 15) is 0 Å². The number of unbranched alkanes of at least 4 members (excludes halogenated alkanes) is 2. The molecule has 0 aromatic rings.